The summed E-state index contributed by atoms with van der Waals surface area (Å²) in [6.07, 6.45) is 9.97. The fraction of sp³-hybridized carbons (Fsp3) is 0.778. The molecule has 0 aromatic carbocycles. The van der Waals surface area contributed by atoms with E-state index in [0.29, 0.717) is 12.0 Å². The molecule has 1 aliphatic carbocycles. The zero-order valence-corrected chi connectivity index (χ0v) is 14.5. The van der Waals surface area contributed by atoms with Gasteiger partial charge in [0, 0.05) is 57.0 Å². The van der Waals surface area contributed by atoms with Crippen molar-refractivity contribution in [2.24, 2.45) is 18.9 Å². The first-order valence-electron chi connectivity index (χ1n) is 9.31. The topological polar surface area (TPSA) is 59.4 Å². The van der Waals surface area contributed by atoms with Crippen LogP contribution in [0.5, 0.6) is 0 Å². The van der Waals surface area contributed by atoms with E-state index in [1.54, 1.807) is 0 Å². The van der Waals surface area contributed by atoms with Gasteiger partial charge in [-0.3, -0.25) is 14.4 Å². The number of hydrogen-bond donors (Lipinski definition) is 1. The molecule has 3 heterocycles. The quantitative estimate of drug-likeness (QED) is 0.903. The van der Waals surface area contributed by atoms with Crippen LogP contribution < -0.4 is 5.32 Å². The SMILES string of the molecule is Cn1cc(CN2C[C@@H]3OCC[C@@H]3[C@H](C(=O)NC3CCCC3)C2)cn1. The Morgan fingerprint density at radius 3 is 2.92 bits per heavy atom. The molecule has 132 valence electrons. The predicted molar refractivity (Wildman–Crippen MR) is 90.2 cm³/mol. The molecular formula is C18H28N4O2. The third-order valence-electron chi connectivity index (χ3n) is 5.87. The van der Waals surface area contributed by atoms with E-state index in [1.807, 2.05) is 17.9 Å². The Hall–Kier alpha value is -1.40. The molecule has 2 aliphatic heterocycles. The molecule has 2 saturated heterocycles. The maximum Gasteiger partial charge on any atom is 0.225 e. The van der Waals surface area contributed by atoms with Crippen molar-refractivity contribution in [1.82, 2.24) is 20.0 Å². The van der Waals surface area contributed by atoms with Crippen LogP contribution in [0.2, 0.25) is 0 Å². The predicted octanol–water partition coefficient (Wildman–Crippen LogP) is 1.32. The maximum absolute atomic E-state index is 12.9. The number of rotatable bonds is 4. The highest BCUT2D eigenvalue weighted by Crippen LogP contribution is 2.34. The lowest BCUT2D eigenvalue weighted by molar-refractivity contribution is -0.132. The van der Waals surface area contributed by atoms with Crippen molar-refractivity contribution in [2.45, 2.75) is 50.8 Å². The van der Waals surface area contributed by atoms with E-state index in [1.165, 1.54) is 18.4 Å². The Labute approximate surface area is 143 Å². The minimum atomic E-state index is 0.0588. The van der Waals surface area contributed by atoms with Crippen LogP contribution in [-0.2, 0) is 23.1 Å². The number of amides is 1. The summed E-state index contributed by atoms with van der Waals surface area (Å²) >= 11 is 0. The van der Waals surface area contributed by atoms with Crippen molar-refractivity contribution in [3.05, 3.63) is 18.0 Å². The number of hydrogen-bond acceptors (Lipinski definition) is 4. The van der Waals surface area contributed by atoms with Gasteiger partial charge in [-0.1, -0.05) is 12.8 Å². The van der Waals surface area contributed by atoms with Gasteiger partial charge in [0.05, 0.1) is 18.2 Å². The van der Waals surface area contributed by atoms with Gasteiger partial charge in [-0.25, -0.2) is 0 Å². The molecule has 3 fully saturated rings. The zero-order valence-electron chi connectivity index (χ0n) is 14.5. The summed E-state index contributed by atoms with van der Waals surface area (Å²) in [5, 5.41) is 7.56. The van der Waals surface area contributed by atoms with E-state index in [-0.39, 0.29) is 17.9 Å². The number of ether oxygens (including phenoxy) is 1. The van der Waals surface area contributed by atoms with Crippen molar-refractivity contribution >= 4 is 5.91 Å². The van der Waals surface area contributed by atoms with Gasteiger partial charge in [-0.05, 0) is 19.3 Å². The maximum atomic E-state index is 12.9. The van der Waals surface area contributed by atoms with Gasteiger partial charge in [0.1, 0.15) is 0 Å². The van der Waals surface area contributed by atoms with Gasteiger partial charge < -0.3 is 10.1 Å². The number of likely N-dealkylation sites (tertiary alicyclic amines) is 1. The van der Waals surface area contributed by atoms with Crippen LogP contribution in [0.4, 0.5) is 0 Å². The van der Waals surface area contributed by atoms with Crippen LogP contribution in [0, 0.1) is 11.8 Å². The molecule has 1 N–H and O–H groups in total. The van der Waals surface area contributed by atoms with Crippen LogP contribution in [0.15, 0.2) is 12.4 Å². The molecule has 3 atom stereocenters. The molecular weight excluding hydrogens is 304 g/mol. The highest BCUT2D eigenvalue weighted by Gasteiger charge is 2.44. The number of carbonyl (C=O) groups is 1. The molecule has 1 saturated carbocycles. The summed E-state index contributed by atoms with van der Waals surface area (Å²) in [5.74, 6) is 0.693. The van der Waals surface area contributed by atoms with Gasteiger partial charge >= 0.3 is 0 Å². The molecule has 0 unspecified atom stereocenters. The summed E-state index contributed by atoms with van der Waals surface area (Å²) < 4.78 is 7.77. The third kappa shape index (κ3) is 3.35. The van der Waals surface area contributed by atoms with E-state index in [9.17, 15) is 4.79 Å². The minimum absolute atomic E-state index is 0.0588. The lowest BCUT2D eigenvalue weighted by Crippen LogP contribution is -2.53. The van der Waals surface area contributed by atoms with Gasteiger partial charge in [0.25, 0.3) is 0 Å². The molecule has 0 spiro atoms. The molecule has 4 rings (SSSR count). The number of piperidine rings is 1. The molecule has 1 aromatic rings. The fourth-order valence-electron chi connectivity index (χ4n) is 4.65. The molecule has 24 heavy (non-hydrogen) atoms. The Bertz CT molecular complexity index is 581. The van der Waals surface area contributed by atoms with Crippen molar-refractivity contribution in [1.29, 1.82) is 0 Å². The Kier molecular flexibility index (Phi) is 4.59. The molecule has 0 bridgehead atoms. The monoisotopic (exact) mass is 332 g/mol. The van der Waals surface area contributed by atoms with Crippen LogP contribution in [0.3, 0.4) is 0 Å². The number of nitrogens with zero attached hydrogens (tertiary/aromatic N) is 3. The summed E-state index contributed by atoms with van der Waals surface area (Å²) in [7, 11) is 1.94. The minimum Gasteiger partial charge on any atom is -0.377 e. The summed E-state index contributed by atoms with van der Waals surface area (Å²) in [6, 6.07) is 0.395. The molecule has 3 aliphatic rings. The molecule has 6 heteroatoms. The van der Waals surface area contributed by atoms with Crippen LogP contribution in [0.1, 0.15) is 37.7 Å². The third-order valence-corrected chi connectivity index (χ3v) is 5.87. The van der Waals surface area contributed by atoms with E-state index >= 15 is 0 Å². The highest BCUT2D eigenvalue weighted by molar-refractivity contribution is 5.79. The number of aromatic nitrogens is 2. The fourth-order valence-corrected chi connectivity index (χ4v) is 4.65. The zero-order chi connectivity index (χ0) is 16.5. The van der Waals surface area contributed by atoms with Gasteiger partial charge in [-0.2, -0.15) is 5.10 Å². The summed E-state index contributed by atoms with van der Waals surface area (Å²) in [4.78, 5) is 15.3. The molecule has 1 amide bonds. The first-order valence-corrected chi connectivity index (χ1v) is 9.31. The summed E-state index contributed by atoms with van der Waals surface area (Å²) in [6.45, 7) is 3.39. The Balaban J connectivity index is 1.43. The lowest BCUT2D eigenvalue weighted by atomic mass is 9.82. The van der Waals surface area contributed by atoms with Gasteiger partial charge in [0.15, 0.2) is 0 Å². The second-order valence-electron chi connectivity index (χ2n) is 7.67. The average Bonchev–Trinajstić information content (AvgIpc) is 3.28. The first kappa shape index (κ1) is 16.1. The normalized spacial score (nSPS) is 31.3. The second-order valence-corrected chi connectivity index (χ2v) is 7.67. The standard InChI is InChI=1S/C18H28N4O2/c1-21-9-13(8-19-21)10-22-11-16(15-6-7-24-17(15)12-22)18(23)20-14-4-2-3-5-14/h8-9,14-17H,2-7,10-12H2,1H3,(H,20,23)/t15-,16-,17+/m1/s1. The lowest BCUT2D eigenvalue weighted by Gasteiger charge is -2.39. The van der Waals surface area contributed by atoms with E-state index in [0.717, 1.165) is 45.5 Å². The van der Waals surface area contributed by atoms with Crippen LogP contribution in [0.25, 0.3) is 0 Å². The number of nitrogens with one attached hydrogen (secondary N) is 1. The number of fused-ring (bicyclic) bond motifs is 1. The van der Waals surface area contributed by atoms with Crippen molar-refractivity contribution in [3.8, 4) is 0 Å². The number of aryl methyl sites for hydroxylation is 1. The first-order chi connectivity index (χ1) is 11.7. The van der Waals surface area contributed by atoms with E-state index < -0.39 is 0 Å². The van der Waals surface area contributed by atoms with Gasteiger partial charge in [-0.15, -0.1) is 0 Å². The smallest absolute Gasteiger partial charge is 0.225 e. The number of carbonyl (C=O) groups excluding carboxylic acids is 1. The Morgan fingerprint density at radius 1 is 1.33 bits per heavy atom. The highest BCUT2D eigenvalue weighted by atomic mass is 16.5. The molecule has 1 aromatic heterocycles. The van der Waals surface area contributed by atoms with Crippen molar-refractivity contribution < 1.29 is 9.53 Å². The Morgan fingerprint density at radius 2 is 2.17 bits per heavy atom. The molecule has 6 nitrogen and oxygen atoms in total. The van der Waals surface area contributed by atoms with Crippen molar-refractivity contribution in [2.75, 3.05) is 19.7 Å². The van der Waals surface area contributed by atoms with Crippen LogP contribution in [-0.4, -0.2) is 52.4 Å². The largest absolute Gasteiger partial charge is 0.377 e. The van der Waals surface area contributed by atoms with Crippen molar-refractivity contribution in [3.63, 3.8) is 0 Å². The van der Waals surface area contributed by atoms with E-state index in [2.05, 4.69) is 21.5 Å². The van der Waals surface area contributed by atoms with Crippen LogP contribution >= 0.6 is 0 Å². The van der Waals surface area contributed by atoms with Gasteiger partial charge in [0.2, 0.25) is 5.91 Å². The van der Waals surface area contributed by atoms with E-state index in [4.69, 9.17) is 4.74 Å². The molecule has 0 radical (unpaired) electrons. The second kappa shape index (κ2) is 6.84. The summed E-state index contributed by atoms with van der Waals surface area (Å²) in [5.41, 5.74) is 1.20. The average molecular weight is 332 g/mol.